The summed E-state index contributed by atoms with van der Waals surface area (Å²) in [7, 11) is -3.52. The van der Waals surface area contributed by atoms with Gasteiger partial charge >= 0.3 is 0 Å². The van der Waals surface area contributed by atoms with Crippen LogP contribution in [0.1, 0.15) is 5.56 Å². The third-order valence-corrected chi connectivity index (χ3v) is 6.00. The largest absolute Gasteiger partial charge is 0.340 e. The fourth-order valence-corrected chi connectivity index (χ4v) is 4.06. The van der Waals surface area contributed by atoms with Crippen molar-refractivity contribution < 1.29 is 8.42 Å². The van der Waals surface area contributed by atoms with Gasteiger partial charge in [0.2, 0.25) is 9.84 Å². The lowest BCUT2D eigenvalue weighted by Crippen LogP contribution is -2.24. The van der Waals surface area contributed by atoms with Gasteiger partial charge in [-0.3, -0.25) is 0 Å². The molecule has 0 saturated heterocycles. The summed E-state index contributed by atoms with van der Waals surface area (Å²) >= 11 is 0. The Balaban J connectivity index is 1.93. The lowest BCUT2D eigenvalue weighted by Gasteiger charge is -2.24. The number of hydrogen-bond acceptors (Lipinski definition) is 4. The maximum Gasteiger partial charge on any atom is 0.206 e. The molecule has 2 N–H and O–H groups in total. The summed E-state index contributed by atoms with van der Waals surface area (Å²) in [6, 6.07) is 23.7. The van der Waals surface area contributed by atoms with Crippen molar-refractivity contribution in [2.75, 3.05) is 18.0 Å². The van der Waals surface area contributed by atoms with Crippen LogP contribution in [0.15, 0.2) is 88.7 Å². The first kappa shape index (κ1) is 18.2. The average molecular weight is 366 g/mol. The minimum atomic E-state index is -3.52. The minimum Gasteiger partial charge on any atom is -0.340 e. The summed E-state index contributed by atoms with van der Waals surface area (Å²) < 4.78 is 25.6. The molecule has 5 heteroatoms. The van der Waals surface area contributed by atoms with Gasteiger partial charge in [-0.1, -0.05) is 35.9 Å². The van der Waals surface area contributed by atoms with E-state index in [9.17, 15) is 8.42 Å². The Morgan fingerprint density at radius 3 is 1.81 bits per heavy atom. The Morgan fingerprint density at radius 2 is 1.27 bits per heavy atom. The van der Waals surface area contributed by atoms with Crippen molar-refractivity contribution in [3.63, 3.8) is 0 Å². The third kappa shape index (κ3) is 3.79. The lowest BCUT2D eigenvalue weighted by atomic mass is 10.2. The van der Waals surface area contributed by atoms with Crippen LogP contribution < -0.4 is 10.6 Å². The number of anilines is 2. The van der Waals surface area contributed by atoms with Gasteiger partial charge in [0.05, 0.1) is 9.79 Å². The van der Waals surface area contributed by atoms with E-state index < -0.39 is 9.84 Å². The highest BCUT2D eigenvalue weighted by atomic mass is 32.2. The molecule has 134 valence electrons. The van der Waals surface area contributed by atoms with E-state index in [-0.39, 0.29) is 4.90 Å². The predicted molar refractivity (Wildman–Crippen MR) is 106 cm³/mol. The van der Waals surface area contributed by atoms with Crippen LogP contribution in [-0.2, 0) is 9.84 Å². The Hall–Kier alpha value is -2.63. The Morgan fingerprint density at radius 1 is 0.769 bits per heavy atom. The van der Waals surface area contributed by atoms with Crippen molar-refractivity contribution in [3.05, 3.63) is 84.4 Å². The summed E-state index contributed by atoms with van der Waals surface area (Å²) in [5.41, 5.74) is 8.71. The molecule has 0 amide bonds. The van der Waals surface area contributed by atoms with Crippen molar-refractivity contribution in [2.45, 2.75) is 16.7 Å². The van der Waals surface area contributed by atoms with Gasteiger partial charge < -0.3 is 10.6 Å². The molecule has 0 fully saturated rings. The molecular weight excluding hydrogens is 344 g/mol. The fraction of sp³-hybridized carbons (Fsp3) is 0.143. The summed E-state index contributed by atoms with van der Waals surface area (Å²) in [4.78, 5) is 2.66. The van der Waals surface area contributed by atoms with E-state index in [1.807, 2.05) is 49.4 Å². The maximum atomic E-state index is 12.8. The summed E-state index contributed by atoms with van der Waals surface area (Å²) in [5.74, 6) is 0. The van der Waals surface area contributed by atoms with E-state index in [1.165, 1.54) is 0 Å². The first-order valence-corrected chi connectivity index (χ1v) is 9.95. The van der Waals surface area contributed by atoms with Gasteiger partial charge in [-0.2, -0.15) is 0 Å². The zero-order valence-electron chi connectivity index (χ0n) is 14.7. The molecule has 0 radical (unpaired) electrons. The number of nitrogens with zero attached hydrogens (tertiary/aromatic N) is 1. The van der Waals surface area contributed by atoms with Crippen LogP contribution in [0.4, 0.5) is 11.4 Å². The molecule has 0 unspecified atom stereocenters. The number of sulfone groups is 1. The summed E-state index contributed by atoms with van der Waals surface area (Å²) in [6.45, 7) is 3.08. The minimum absolute atomic E-state index is 0.283. The van der Waals surface area contributed by atoms with Crippen LogP contribution >= 0.6 is 0 Å². The fourth-order valence-electron chi connectivity index (χ4n) is 2.80. The van der Waals surface area contributed by atoms with Gasteiger partial charge in [-0.25, -0.2) is 8.42 Å². The van der Waals surface area contributed by atoms with E-state index in [0.29, 0.717) is 18.0 Å². The first-order chi connectivity index (χ1) is 12.5. The molecule has 0 aromatic heterocycles. The van der Waals surface area contributed by atoms with E-state index in [0.717, 1.165) is 16.9 Å². The zero-order chi connectivity index (χ0) is 18.6. The number of rotatable bonds is 6. The lowest BCUT2D eigenvalue weighted by molar-refractivity contribution is 0.596. The molecule has 0 aliphatic heterocycles. The second-order valence-electron chi connectivity index (χ2n) is 6.09. The van der Waals surface area contributed by atoms with Crippen molar-refractivity contribution in [1.82, 2.24) is 0 Å². The molecule has 0 heterocycles. The average Bonchev–Trinajstić information content (AvgIpc) is 2.67. The van der Waals surface area contributed by atoms with Gasteiger partial charge in [0, 0.05) is 24.5 Å². The molecule has 0 aliphatic carbocycles. The van der Waals surface area contributed by atoms with Crippen molar-refractivity contribution in [2.24, 2.45) is 5.73 Å². The molecule has 0 aliphatic rings. The molecule has 3 rings (SSSR count). The summed E-state index contributed by atoms with van der Waals surface area (Å²) in [6.07, 6.45) is 0. The van der Waals surface area contributed by atoms with Gasteiger partial charge in [0.1, 0.15) is 0 Å². The van der Waals surface area contributed by atoms with E-state index in [1.54, 1.807) is 36.4 Å². The Labute approximate surface area is 154 Å². The number of hydrogen-bond donors (Lipinski definition) is 1. The number of nitrogens with two attached hydrogens (primary N) is 1. The van der Waals surface area contributed by atoms with E-state index in [4.69, 9.17) is 5.73 Å². The number of para-hydroxylation sites is 1. The first-order valence-electron chi connectivity index (χ1n) is 8.47. The normalized spacial score (nSPS) is 11.3. The number of aryl methyl sites for hydroxylation is 1. The standard InChI is InChI=1S/C21H22N2O2S/c1-17-7-11-20(12-8-17)26(24,25)21-13-9-19(10-14-21)23(16-15-22)18-5-3-2-4-6-18/h2-14H,15-16,22H2,1H3. The Kier molecular flexibility index (Phi) is 5.40. The molecule has 0 saturated carbocycles. The van der Waals surface area contributed by atoms with Crippen molar-refractivity contribution in [3.8, 4) is 0 Å². The molecular formula is C21H22N2O2S. The molecule has 0 atom stereocenters. The van der Waals surface area contributed by atoms with Crippen LogP contribution in [0.3, 0.4) is 0 Å². The molecule has 0 spiro atoms. The van der Waals surface area contributed by atoms with Crippen LogP contribution in [-0.4, -0.2) is 21.5 Å². The topological polar surface area (TPSA) is 63.4 Å². The summed E-state index contributed by atoms with van der Waals surface area (Å²) in [5, 5.41) is 0. The molecule has 26 heavy (non-hydrogen) atoms. The monoisotopic (exact) mass is 366 g/mol. The number of benzene rings is 3. The van der Waals surface area contributed by atoms with Crippen LogP contribution in [0.5, 0.6) is 0 Å². The SMILES string of the molecule is Cc1ccc(S(=O)(=O)c2ccc(N(CCN)c3ccccc3)cc2)cc1. The van der Waals surface area contributed by atoms with Gasteiger partial charge in [-0.15, -0.1) is 0 Å². The maximum absolute atomic E-state index is 12.8. The molecule has 0 bridgehead atoms. The van der Waals surface area contributed by atoms with Gasteiger partial charge in [0.15, 0.2) is 0 Å². The van der Waals surface area contributed by atoms with Gasteiger partial charge in [0.25, 0.3) is 0 Å². The second-order valence-corrected chi connectivity index (χ2v) is 8.04. The highest BCUT2D eigenvalue weighted by Crippen LogP contribution is 2.28. The quantitative estimate of drug-likeness (QED) is 0.718. The van der Waals surface area contributed by atoms with Crippen LogP contribution in [0, 0.1) is 6.92 Å². The second kappa shape index (κ2) is 7.72. The van der Waals surface area contributed by atoms with Gasteiger partial charge in [-0.05, 0) is 55.5 Å². The highest BCUT2D eigenvalue weighted by molar-refractivity contribution is 7.91. The van der Waals surface area contributed by atoms with Crippen molar-refractivity contribution >= 4 is 21.2 Å². The predicted octanol–water partition coefficient (Wildman–Crippen LogP) is 3.92. The smallest absolute Gasteiger partial charge is 0.206 e. The van der Waals surface area contributed by atoms with Crippen molar-refractivity contribution in [1.29, 1.82) is 0 Å². The van der Waals surface area contributed by atoms with E-state index >= 15 is 0 Å². The Bertz CT molecular complexity index is 951. The zero-order valence-corrected chi connectivity index (χ0v) is 15.5. The highest BCUT2D eigenvalue weighted by Gasteiger charge is 2.18. The van der Waals surface area contributed by atoms with E-state index in [2.05, 4.69) is 4.90 Å². The molecule has 4 nitrogen and oxygen atoms in total. The molecule has 3 aromatic rings. The molecule has 3 aromatic carbocycles. The van der Waals surface area contributed by atoms with Crippen LogP contribution in [0.2, 0.25) is 0 Å². The third-order valence-electron chi connectivity index (χ3n) is 4.21. The van der Waals surface area contributed by atoms with Crippen LogP contribution in [0.25, 0.3) is 0 Å².